The van der Waals surface area contributed by atoms with Gasteiger partial charge in [0.15, 0.2) is 16.4 Å². The topological polar surface area (TPSA) is 66.9 Å². The summed E-state index contributed by atoms with van der Waals surface area (Å²) in [6.45, 7) is 2.29. The highest BCUT2D eigenvalue weighted by molar-refractivity contribution is 7.91. The molecule has 1 unspecified atom stereocenters. The van der Waals surface area contributed by atoms with Gasteiger partial charge in [-0.05, 0) is 12.5 Å². The van der Waals surface area contributed by atoms with Crippen molar-refractivity contribution in [1.82, 2.24) is 9.80 Å². The van der Waals surface area contributed by atoms with Crippen molar-refractivity contribution in [2.75, 3.05) is 44.3 Å². The molecule has 0 radical (unpaired) electrons. The van der Waals surface area contributed by atoms with Crippen LogP contribution in [0.25, 0.3) is 0 Å². The molecule has 1 atom stereocenters. The van der Waals surface area contributed by atoms with E-state index in [0.29, 0.717) is 53.4 Å². The van der Waals surface area contributed by atoms with Crippen LogP contribution in [0.4, 0.5) is 0 Å². The number of nitrogens with zero attached hydrogens (tertiary/aromatic N) is 2. The molecule has 0 N–H and O–H groups in total. The van der Waals surface area contributed by atoms with Crippen LogP contribution in [0.3, 0.4) is 0 Å². The van der Waals surface area contributed by atoms with E-state index in [4.69, 9.17) is 39.5 Å². The van der Waals surface area contributed by atoms with Crippen molar-refractivity contribution in [2.24, 2.45) is 0 Å². The fourth-order valence-corrected chi connectivity index (χ4v) is 5.60. The van der Waals surface area contributed by atoms with E-state index in [1.54, 1.807) is 4.90 Å². The first-order chi connectivity index (χ1) is 12.2. The van der Waals surface area contributed by atoms with Crippen LogP contribution in [0.2, 0.25) is 15.1 Å². The van der Waals surface area contributed by atoms with Crippen LogP contribution in [-0.4, -0.2) is 74.5 Å². The summed E-state index contributed by atoms with van der Waals surface area (Å²) in [7, 11) is -2.90. The lowest BCUT2D eigenvalue weighted by molar-refractivity contribution is -0.135. The molecule has 2 saturated heterocycles. The molecule has 0 spiro atoms. The standard InChI is InChI=1S/C16H19Cl3N2O4S/c17-12-7-14(19)15(8-13(12)18)25-9-16(22)21-4-2-20(3-5-21)11-1-6-26(23,24)10-11/h7-8,11H,1-6,9-10H2. The predicted molar refractivity (Wildman–Crippen MR) is 102 cm³/mol. The van der Waals surface area contributed by atoms with Gasteiger partial charge in [-0.15, -0.1) is 0 Å². The van der Waals surface area contributed by atoms with Crippen LogP contribution >= 0.6 is 34.8 Å². The molecule has 2 heterocycles. The number of amides is 1. The van der Waals surface area contributed by atoms with E-state index >= 15 is 0 Å². The molecule has 10 heteroatoms. The zero-order chi connectivity index (χ0) is 18.9. The summed E-state index contributed by atoms with van der Waals surface area (Å²) in [4.78, 5) is 16.2. The third kappa shape index (κ3) is 4.75. The fraction of sp³-hybridized carbons (Fsp3) is 0.562. The third-order valence-corrected chi connectivity index (χ3v) is 7.49. The van der Waals surface area contributed by atoms with Crippen LogP contribution in [-0.2, 0) is 14.6 Å². The summed E-state index contributed by atoms with van der Waals surface area (Å²) in [6.07, 6.45) is 0.676. The Morgan fingerprint density at radius 2 is 1.73 bits per heavy atom. The molecule has 2 aliphatic heterocycles. The summed E-state index contributed by atoms with van der Waals surface area (Å²) in [6, 6.07) is 3.03. The van der Waals surface area contributed by atoms with Crippen molar-refractivity contribution in [1.29, 1.82) is 0 Å². The summed E-state index contributed by atoms with van der Waals surface area (Å²) in [5.74, 6) is 0.643. The number of ether oxygens (including phenoxy) is 1. The number of hydrogen-bond acceptors (Lipinski definition) is 5. The van der Waals surface area contributed by atoms with Crippen LogP contribution < -0.4 is 4.74 Å². The average Bonchev–Trinajstić information content (AvgIpc) is 2.97. The number of carbonyl (C=O) groups is 1. The molecule has 3 rings (SSSR count). The fourth-order valence-electron chi connectivity index (χ4n) is 3.25. The lowest BCUT2D eigenvalue weighted by Crippen LogP contribution is -2.53. The number of piperazine rings is 1. The van der Waals surface area contributed by atoms with Crippen LogP contribution in [0.15, 0.2) is 12.1 Å². The second kappa shape index (κ2) is 8.10. The van der Waals surface area contributed by atoms with E-state index < -0.39 is 9.84 Å². The predicted octanol–water partition coefficient (Wildman–Crippen LogP) is 2.36. The average molecular weight is 442 g/mol. The van der Waals surface area contributed by atoms with Gasteiger partial charge < -0.3 is 9.64 Å². The first-order valence-electron chi connectivity index (χ1n) is 8.25. The number of benzene rings is 1. The zero-order valence-electron chi connectivity index (χ0n) is 14.0. The number of halogens is 3. The minimum absolute atomic E-state index is 0.0727. The molecule has 2 fully saturated rings. The molecule has 6 nitrogen and oxygen atoms in total. The lowest BCUT2D eigenvalue weighted by atomic mass is 10.2. The van der Waals surface area contributed by atoms with Gasteiger partial charge in [-0.25, -0.2) is 8.42 Å². The Morgan fingerprint density at radius 1 is 1.08 bits per heavy atom. The van der Waals surface area contributed by atoms with E-state index in [0.717, 1.165) is 0 Å². The Morgan fingerprint density at radius 3 is 2.35 bits per heavy atom. The highest BCUT2D eigenvalue weighted by atomic mass is 35.5. The summed E-state index contributed by atoms with van der Waals surface area (Å²) in [5, 5.41) is 0.915. The van der Waals surface area contributed by atoms with Crippen molar-refractivity contribution in [3.63, 3.8) is 0 Å². The van der Waals surface area contributed by atoms with Gasteiger partial charge in [0.25, 0.3) is 5.91 Å². The Hall–Kier alpha value is -0.730. The van der Waals surface area contributed by atoms with E-state index in [2.05, 4.69) is 4.90 Å². The number of hydrogen-bond donors (Lipinski definition) is 0. The van der Waals surface area contributed by atoms with Crippen molar-refractivity contribution in [2.45, 2.75) is 12.5 Å². The smallest absolute Gasteiger partial charge is 0.260 e. The highest BCUT2D eigenvalue weighted by Crippen LogP contribution is 2.33. The van der Waals surface area contributed by atoms with Gasteiger partial charge in [0.1, 0.15) is 5.75 Å². The van der Waals surface area contributed by atoms with Gasteiger partial charge in [0.05, 0.1) is 26.6 Å². The Balaban J connectivity index is 1.49. The SMILES string of the molecule is O=C(COc1cc(Cl)c(Cl)cc1Cl)N1CCN(C2CCS(=O)(=O)C2)CC1. The molecule has 1 aromatic rings. The van der Waals surface area contributed by atoms with Gasteiger partial charge in [0.2, 0.25) is 0 Å². The van der Waals surface area contributed by atoms with E-state index in [1.807, 2.05) is 0 Å². The van der Waals surface area contributed by atoms with Crippen molar-refractivity contribution in [3.05, 3.63) is 27.2 Å². The monoisotopic (exact) mass is 440 g/mol. The van der Waals surface area contributed by atoms with Gasteiger partial charge >= 0.3 is 0 Å². The van der Waals surface area contributed by atoms with E-state index in [1.165, 1.54) is 12.1 Å². The largest absolute Gasteiger partial charge is 0.482 e. The second-order valence-corrected chi connectivity index (χ2v) is 9.91. The Bertz CT molecular complexity index is 795. The quantitative estimate of drug-likeness (QED) is 0.671. The maximum Gasteiger partial charge on any atom is 0.260 e. The summed E-state index contributed by atoms with van der Waals surface area (Å²) in [5.41, 5.74) is 0. The maximum atomic E-state index is 12.4. The summed E-state index contributed by atoms with van der Waals surface area (Å²) >= 11 is 17.8. The molecule has 0 bridgehead atoms. The molecule has 1 amide bonds. The van der Waals surface area contributed by atoms with Gasteiger partial charge in [0, 0.05) is 38.3 Å². The highest BCUT2D eigenvalue weighted by Gasteiger charge is 2.34. The van der Waals surface area contributed by atoms with E-state index in [-0.39, 0.29) is 30.1 Å². The first-order valence-corrected chi connectivity index (χ1v) is 11.2. The van der Waals surface area contributed by atoms with E-state index in [9.17, 15) is 13.2 Å². The minimum Gasteiger partial charge on any atom is -0.482 e. The van der Waals surface area contributed by atoms with Crippen molar-refractivity contribution < 1.29 is 17.9 Å². The second-order valence-electron chi connectivity index (χ2n) is 6.46. The Labute approximate surface area is 167 Å². The number of sulfone groups is 1. The molecule has 0 saturated carbocycles. The van der Waals surface area contributed by atoms with Crippen LogP contribution in [0.1, 0.15) is 6.42 Å². The molecule has 0 aliphatic carbocycles. The van der Waals surface area contributed by atoms with Crippen LogP contribution in [0.5, 0.6) is 5.75 Å². The molecular weight excluding hydrogens is 423 g/mol. The van der Waals surface area contributed by atoms with Crippen molar-refractivity contribution in [3.8, 4) is 5.75 Å². The molecule has 0 aromatic heterocycles. The van der Waals surface area contributed by atoms with Gasteiger partial charge in [-0.1, -0.05) is 34.8 Å². The minimum atomic E-state index is -2.90. The zero-order valence-corrected chi connectivity index (χ0v) is 17.0. The third-order valence-electron chi connectivity index (χ3n) is 4.72. The summed E-state index contributed by atoms with van der Waals surface area (Å²) < 4.78 is 28.7. The van der Waals surface area contributed by atoms with Crippen molar-refractivity contribution >= 4 is 50.5 Å². The number of rotatable bonds is 4. The first kappa shape index (κ1) is 20.0. The molecule has 144 valence electrons. The molecule has 26 heavy (non-hydrogen) atoms. The Kier molecular flexibility index (Phi) is 6.24. The molecular formula is C16H19Cl3N2O4S. The van der Waals surface area contributed by atoms with Gasteiger partial charge in [-0.2, -0.15) is 0 Å². The van der Waals surface area contributed by atoms with Gasteiger partial charge in [-0.3, -0.25) is 9.69 Å². The normalized spacial score (nSPS) is 23.2. The van der Waals surface area contributed by atoms with Crippen LogP contribution in [0, 0.1) is 0 Å². The molecule has 2 aliphatic rings. The molecule has 1 aromatic carbocycles. The lowest BCUT2D eigenvalue weighted by Gasteiger charge is -2.37. The maximum absolute atomic E-state index is 12.4. The number of carbonyl (C=O) groups excluding carboxylic acids is 1.